The summed E-state index contributed by atoms with van der Waals surface area (Å²) < 4.78 is 0. The van der Waals surface area contributed by atoms with Gasteiger partial charge in [0.25, 0.3) is 11.8 Å². The second kappa shape index (κ2) is 9.37. The van der Waals surface area contributed by atoms with Gasteiger partial charge in [-0.15, -0.1) is 0 Å². The molecule has 2 amide bonds. The van der Waals surface area contributed by atoms with E-state index >= 15 is 0 Å². The summed E-state index contributed by atoms with van der Waals surface area (Å²) in [6, 6.07) is 20.5. The van der Waals surface area contributed by atoms with Crippen molar-refractivity contribution in [1.29, 1.82) is 0 Å². The highest BCUT2D eigenvalue weighted by atomic mass is 35.5. The van der Waals surface area contributed by atoms with Crippen molar-refractivity contribution in [2.24, 2.45) is 5.10 Å². The molecule has 0 atom stereocenters. The fourth-order valence-corrected chi connectivity index (χ4v) is 2.88. The van der Waals surface area contributed by atoms with Crippen LogP contribution in [0.2, 0.25) is 10.0 Å². The Labute approximate surface area is 178 Å². The largest absolute Gasteiger partial charge is 0.322 e. The van der Waals surface area contributed by atoms with Gasteiger partial charge in [-0.05, 0) is 61.0 Å². The first-order chi connectivity index (χ1) is 13.9. The SMILES string of the molecule is C/C(=N\NC(=O)c1ccc(Cl)cc1)c1cccc(NC(=O)c2ccccc2Cl)c1. The number of benzene rings is 3. The molecule has 0 unspecified atom stereocenters. The van der Waals surface area contributed by atoms with Gasteiger partial charge in [-0.25, -0.2) is 5.43 Å². The maximum atomic E-state index is 12.4. The molecule has 0 saturated carbocycles. The van der Waals surface area contributed by atoms with Crippen molar-refractivity contribution in [1.82, 2.24) is 5.43 Å². The zero-order valence-electron chi connectivity index (χ0n) is 15.4. The van der Waals surface area contributed by atoms with Gasteiger partial charge < -0.3 is 5.32 Å². The zero-order chi connectivity index (χ0) is 20.8. The number of hydrogen-bond acceptors (Lipinski definition) is 3. The number of hydrazone groups is 1. The number of hydrogen-bond donors (Lipinski definition) is 2. The molecule has 0 radical (unpaired) electrons. The molecule has 3 aromatic carbocycles. The lowest BCUT2D eigenvalue weighted by Crippen LogP contribution is -2.19. The van der Waals surface area contributed by atoms with Crippen LogP contribution in [0.3, 0.4) is 0 Å². The van der Waals surface area contributed by atoms with Gasteiger partial charge in [0, 0.05) is 16.3 Å². The monoisotopic (exact) mass is 425 g/mol. The number of carbonyl (C=O) groups is 2. The Bertz CT molecular complexity index is 1080. The lowest BCUT2D eigenvalue weighted by Gasteiger charge is -2.09. The molecule has 2 N–H and O–H groups in total. The van der Waals surface area contributed by atoms with E-state index in [1.165, 1.54) is 0 Å². The Morgan fingerprint density at radius 3 is 2.28 bits per heavy atom. The van der Waals surface area contributed by atoms with Gasteiger partial charge in [0.05, 0.1) is 16.3 Å². The lowest BCUT2D eigenvalue weighted by molar-refractivity contribution is 0.0954. The van der Waals surface area contributed by atoms with Crippen LogP contribution >= 0.6 is 23.2 Å². The standard InChI is InChI=1S/C22H17Cl2N3O2/c1-14(26-27-21(28)15-9-11-17(23)12-10-15)16-5-4-6-18(13-16)25-22(29)19-7-2-3-8-20(19)24/h2-13H,1H3,(H,25,29)(H,27,28)/b26-14+. The highest BCUT2D eigenvalue weighted by Crippen LogP contribution is 2.18. The summed E-state index contributed by atoms with van der Waals surface area (Å²) in [4.78, 5) is 24.6. The van der Waals surface area contributed by atoms with E-state index in [2.05, 4.69) is 15.8 Å². The Kier molecular flexibility index (Phi) is 6.65. The number of rotatable bonds is 5. The lowest BCUT2D eigenvalue weighted by atomic mass is 10.1. The highest BCUT2D eigenvalue weighted by molar-refractivity contribution is 6.34. The summed E-state index contributed by atoms with van der Waals surface area (Å²) in [6.45, 7) is 1.76. The zero-order valence-corrected chi connectivity index (χ0v) is 17.0. The third-order valence-corrected chi connectivity index (χ3v) is 4.67. The number of nitrogens with one attached hydrogen (secondary N) is 2. The fraction of sp³-hybridized carbons (Fsp3) is 0.0455. The Balaban J connectivity index is 1.70. The number of halogens is 2. The van der Waals surface area contributed by atoms with Crippen LogP contribution in [0.25, 0.3) is 0 Å². The molecule has 5 nitrogen and oxygen atoms in total. The molecule has 29 heavy (non-hydrogen) atoms. The van der Waals surface area contributed by atoms with Gasteiger partial charge in [-0.3, -0.25) is 9.59 Å². The van der Waals surface area contributed by atoms with Gasteiger partial charge >= 0.3 is 0 Å². The molecule has 0 aromatic heterocycles. The number of nitrogens with zero attached hydrogens (tertiary/aromatic N) is 1. The van der Waals surface area contributed by atoms with E-state index in [0.717, 1.165) is 5.56 Å². The quantitative estimate of drug-likeness (QED) is 0.424. The van der Waals surface area contributed by atoms with E-state index < -0.39 is 0 Å². The van der Waals surface area contributed by atoms with E-state index in [-0.39, 0.29) is 11.8 Å². The molecule has 0 saturated heterocycles. The molecular formula is C22H17Cl2N3O2. The van der Waals surface area contributed by atoms with Crippen LogP contribution in [0.5, 0.6) is 0 Å². The summed E-state index contributed by atoms with van der Waals surface area (Å²) in [5.74, 6) is -0.650. The molecule has 0 aliphatic rings. The molecule has 0 fully saturated rings. The molecule has 3 rings (SSSR count). The summed E-state index contributed by atoms with van der Waals surface area (Å²) in [7, 11) is 0. The van der Waals surface area contributed by atoms with Crippen molar-refractivity contribution in [3.05, 3.63) is 99.5 Å². The molecule has 0 heterocycles. The smallest absolute Gasteiger partial charge is 0.271 e. The summed E-state index contributed by atoms with van der Waals surface area (Å²) in [6.07, 6.45) is 0. The van der Waals surface area contributed by atoms with Crippen LogP contribution < -0.4 is 10.7 Å². The van der Waals surface area contributed by atoms with Gasteiger partial charge in [0.2, 0.25) is 0 Å². The Hall–Kier alpha value is -3.15. The first-order valence-corrected chi connectivity index (χ1v) is 9.46. The van der Waals surface area contributed by atoms with Gasteiger partial charge in [-0.2, -0.15) is 5.10 Å². The van der Waals surface area contributed by atoms with Crippen LogP contribution in [0.15, 0.2) is 77.9 Å². The molecule has 146 valence electrons. The maximum absolute atomic E-state index is 12.4. The van der Waals surface area contributed by atoms with E-state index in [1.807, 2.05) is 6.07 Å². The second-order valence-electron chi connectivity index (χ2n) is 6.16. The number of anilines is 1. The van der Waals surface area contributed by atoms with Gasteiger partial charge in [0.15, 0.2) is 0 Å². The minimum atomic E-state index is -0.343. The Morgan fingerprint density at radius 2 is 1.55 bits per heavy atom. The molecule has 0 aliphatic carbocycles. The third-order valence-electron chi connectivity index (χ3n) is 4.09. The summed E-state index contributed by atoms with van der Waals surface area (Å²) in [5.41, 5.74) is 5.27. The normalized spacial score (nSPS) is 11.1. The minimum Gasteiger partial charge on any atom is -0.322 e. The van der Waals surface area contributed by atoms with Crippen molar-refractivity contribution in [2.45, 2.75) is 6.92 Å². The van der Waals surface area contributed by atoms with Gasteiger partial charge in [0.1, 0.15) is 0 Å². The van der Waals surface area contributed by atoms with Crippen molar-refractivity contribution in [2.75, 3.05) is 5.32 Å². The number of amides is 2. The van der Waals surface area contributed by atoms with Crippen LogP contribution in [0.1, 0.15) is 33.2 Å². The molecule has 0 spiro atoms. The average molecular weight is 426 g/mol. The van der Waals surface area contributed by atoms with E-state index in [1.54, 1.807) is 73.7 Å². The molecular weight excluding hydrogens is 409 g/mol. The summed E-state index contributed by atoms with van der Waals surface area (Å²) >= 11 is 11.9. The van der Waals surface area contributed by atoms with Crippen LogP contribution in [0, 0.1) is 0 Å². The first kappa shape index (κ1) is 20.6. The van der Waals surface area contributed by atoms with E-state index in [0.29, 0.717) is 32.6 Å². The van der Waals surface area contributed by atoms with Crippen molar-refractivity contribution in [3.8, 4) is 0 Å². The van der Waals surface area contributed by atoms with E-state index in [9.17, 15) is 9.59 Å². The fourth-order valence-electron chi connectivity index (χ4n) is 2.53. The van der Waals surface area contributed by atoms with Gasteiger partial charge in [-0.1, -0.05) is 47.5 Å². The second-order valence-corrected chi connectivity index (χ2v) is 7.00. The van der Waals surface area contributed by atoms with E-state index in [4.69, 9.17) is 23.2 Å². The van der Waals surface area contributed by atoms with Crippen molar-refractivity contribution >= 4 is 46.4 Å². The Morgan fingerprint density at radius 1 is 0.828 bits per heavy atom. The minimum absolute atomic E-state index is 0.307. The molecule has 3 aromatic rings. The molecule has 7 heteroatoms. The maximum Gasteiger partial charge on any atom is 0.271 e. The average Bonchev–Trinajstić information content (AvgIpc) is 2.72. The predicted octanol–water partition coefficient (Wildman–Crippen LogP) is 5.40. The van der Waals surface area contributed by atoms with Crippen LogP contribution in [-0.4, -0.2) is 17.5 Å². The first-order valence-electron chi connectivity index (χ1n) is 8.70. The predicted molar refractivity (Wildman–Crippen MR) is 117 cm³/mol. The highest BCUT2D eigenvalue weighted by Gasteiger charge is 2.10. The van der Waals surface area contributed by atoms with Crippen molar-refractivity contribution < 1.29 is 9.59 Å². The van der Waals surface area contributed by atoms with Crippen LogP contribution in [-0.2, 0) is 0 Å². The molecule has 0 bridgehead atoms. The number of carbonyl (C=O) groups excluding carboxylic acids is 2. The third kappa shape index (κ3) is 5.44. The topological polar surface area (TPSA) is 70.6 Å². The van der Waals surface area contributed by atoms with Crippen molar-refractivity contribution in [3.63, 3.8) is 0 Å². The molecule has 0 aliphatic heterocycles. The van der Waals surface area contributed by atoms with Crippen LogP contribution in [0.4, 0.5) is 5.69 Å². The summed E-state index contributed by atoms with van der Waals surface area (Å²) in [5, 5.41) is 7.88.